The number of nitrogens with zero attached hydrogens (tertiary/aromatic N) is 2. The molecule has 0 spiro atoms. The van der Waals surface area contributed by atoms with Gasteiger partial charge in [0.2, 0.25) is 0 Å². The topological polar surface area (TPSA) is 66.0 Å². The van der Waals surface area contributed by atoms with Gasteiger partial charge in [0.25, 0.3) is 0 Å². The third-order valence-electron chi connectivity index (χ3n) is 3.86. The Morgan fingerprint density at radius 3 is 1.75 bits per heavy atom. The first-order valence-electron chi connectivity index (χ1n) is 6.21. The minimum Gasteiger partial charge on any atom is -0.399 e. The molecule has 1 saturated heterocycles. The zero-order valence-electron chi connectivity index (χ0n) is 11.8. The van der Waals surface area contributed by atoms with Crippen LogP contribution in [0.15, 0.2) is 12.1 Å². The lowest BCUT2D eigenvalue weighted by Gasteiger charge is -2.32. The monoisotopic (exact) mass is 272 g/mol. The van der Waals surface area contributed by atoms with Crippen molar-refractivity contribution in [2.75, 3.05) is 0 Å². The van der Waals surface area contributed by atoms with Crippen LogP contribution in [0.5, 0.6) is 0 Å². The van der Waals surface area contributed by atoms with Crippen molar-refractivity contribution in [3.63, 3.8) is 0 Å². The van der Waals surface area contributed by atoms with E-state index in [2.05, 4.69) is 0 Å². The summed E-state index contributed by atoms with van der Waals surface area (Å²) in [4.78, 5) is 0. The number of nitriles is 2. The Morgan fingerprint density at radius 2 is 1.40 bits per heavy atom. The van der Waals surface area contributed by atoms with Gasteiger partial charge in [0.05, 0.1) is 22.3 Å². The van der Waals surface area contributed by atoms with Crippen molar-refractivity contribution in [3.05, 3.63) is 29.1 Å². The largest absolute Gasteiger partial charge is 0.494 e. The average molecular weight is 272 g/mol. The second-order valence-electron chi connectivity index (χ2n) is 5.74. The first kappa shape index (κ1) is 14.5. The molecular weight excluding hydrogens is 258 g/mol. The predicted octanol–water partition coefficient (Wildman–Crippen LogP) is 1.87. The van der Waals surface area contributed by atoms with Crippen molar-refractivity contribution in [1.29, 1.82) is 10.5 Å². The summed E-state index contributed by atoms with van der Waals surface area (Å²) < 4.78 is 25.4. The maximum Gasteiger partial charge on any atom is 0.494 e. The van der Waals surface area contributed by atoms with Crippen LogP contribution in [0.3, 0.4) is 0 Å². The van der Waals surface area contributed by atoms with Gasteiger partial charge in [-0.25, -0.2) is 4.39 Å². The zero-order valence-corrected chi connectivity index (χ0v) is 11.8. The third-order valence-corrected chi connectivity index (χ3v) is 3.86. The molecule has 4 nitrogen and oxygen atoms in total. The van der Waals surface area contributed by atoms with Gasteiger partial charge in [0.15, 0.2) is 5.82 Å². The molecule has 0 saturated carbocycles. The highest BCUT2D eigenvalue weighted by Crippen LogP contribution is 2.36. The number of rotatable bonds is 1. The highest BCUT2D eigenvalue weighted by molar-refractivity contribution is 6.62. The second-order valence-corrected chi connectivity index (χ2v) is 5.74. The lowest BCUT2D eigenvalue weighted by molar-refractivity contribution is 0.00578. The summed E-state index contributed by atoms with van der Waals surface area (Å²) in [6.45, 7) is 7.58. The van der Waals surface area contributed by atoms with Gasteiger partial charge in [-0.1, -0.05) is 0 Å². The Hall–Kier alpha value is -1.89. The summed E-state index contributed by atoms with van der Waals surface area (Å²) >= 11 is 0. The molecule has 0 radical (unpaired) electrons. The van der Waals surface area contributed by atoms with E-state index in [0.717, 1.165) is 0 Å². The van der Waals surface area contributed by atoms with E-state index in [1.807, 2.05) is 27.7 Å². The van der Waals surface area contributed by atoms with Crippen LogP contribution in [0.25, 0.3) is 0 Å². The van der Waals surface area contributed by atoms with Gasteiger partial charge in [-0.3, -0.25) is 0 Å². The Kier molecular flexibility index (Phi) is 3.33. The van der Waals surface area contributed by atoms with Gasteiger partial charge in [-0.2, -0.15) is 10.5 Å². The van der Waals surface area contributed by atoms with Crippen LogP contribution in [0.4, 0.5) is 4.39 Å². The van der Waals surface area contributed by atoms with E-state index in [1.54, 1.807) is 12.1 Å². The van der Waals surface area contributed by atoms with Crippen molar-refractivity contribution >= 4 is 12.6 Å². The van der Waals surface area contributed by atoms with Crippen LogP contribution in [-0.2, 0) is 9.31 Å². The summed E-state index contributed by atoms with van der Waals surface area (Å²) in [5, 5.41) is 17.9. The standard InChI is InChI=1S/C14H14BFN2O2/c1-13(2)14(3,4)20-15(19-13)11-5-9(7-17)12(16)10(6-11)8-18/h5-6H,1-4H3. The van der Waals surface area contributed by atoms with Gasteiger partial charge < -0.3 is 9.31 Å². The summed E-state index contributed by atoms with van der Waals surface area (Å²) in [6.07, 6.45) is 0. The van der Waals surface area contributed by atoms with Crippen LogP contribution in [-0.4, -0.2) is 18.3 Å². The maximum absolute atomic E-state index is 13.7. The van der Waals surface area contributed by atoms with Crippen LogP contribution in [0, 0.1) is 28.5 Å². The van der Waals surface area contributed by atoms with Crippen molar-refractivity contribution in [2.45, 2.75) is 38.9 Å². The molecule has 20 heavy (non-hydrogen) atoms. The molecular formula is C14H14BFN2O2. The van der Waals surface area contributed by atoms with Crippen molar-refractivity contribution in [3.8, 4) is 12.1 Å². The lowest BCUT2D eigenvalue weighted by atomic mass is 9.77. The zero-order chi connectivity index (χ0) is 15.1. The Morgan fingerprint density at radius 1 is 1.00 bits per heavy atom. The molecule has 0 atom stereocenters. The SMILES string of the molecule is CC1(C)OB(c2cc(C#N)c(F)c(C#N)c2)OC1(C)C. The highest BCUT2D eigenvalue weighted by Gasteiger charge is 2.51. The molecule has 1 aliphatic rings. The minimum absolute atomic E-state index is 0.186. The maximum atomic E-state index is 13.7. The van der Waals surface area contributed by atoms with Gasteiger partial charge in [0, 0.05) is 0 Å². The number of halogens is 1. The molecule has 0 N–H and O–H groups in total. The van der Waals surface area contributed by atoms with Gasteiger partial charge in [-0.05, 0) is 45.3 Å². The Balaban J connectivity index is 2.47. The minimum atomic E-state index is -0.810. The van der Waals surface area contributed by atoms with Crippen LogP contribution in [0.1, 0.15) is 38.8 Å². The van der Waals surface area contributed by atoms with E-state index in [1.165, 1.54) is 12.1 Å². The molecule has 1 fully saturated rings. The lowest BCUT2D eigenvalue weighted by Crippen LogP contribution is -2.41. The first-order valence-corrected chi connectivity index (χ1v) is 6.21. The molecule has 0 amide bonds. The first-order chi connectivity index (χ1) is 9.21. The van der Waals surface area contributed by atoms with Gasteiger partial charge in [0.1, 0.15) is 12.1 Å². The van der Waals surface area contributed by atoms with Crippen molar-refractivity contribution in [2.24, 2.45) is 0 Å². The van der Waals surface area contributed by atoms with Crippen LogP contribution >= 0.6 is 0 Å². The molecule has 1 aromatic carbocycles. The molecule has 2 rings (SSSR count). The summed E-state index contributed by atoms with van der Waals surface area (Å²) in [6, 6.07) is 6.20. The normalized spacial score (nSPS) is 19.4. The molecule has 1 aromatic rings. The fourth-order valence-corrected chi connectivity index (χ4v) is 1.92. The molecule has 1 heterocycles. The average Bonchev–Trinajstić information content (AvgIpc) is 2.58. The second kappa shape index (κ2) is 4.59. The third kappa shape index (κ3) is 2.18. The van der Waals surface area contributed by atoms with E-state index < -0.39 is 24.1 Å². The van der Waals surface area contributed by atoms with Crippen LogP contribution < -0.4 is 5.46 Å². The van der Waals surface area contributed by atoms with E-state index in [0.29, 0.717) is 5.46 Å². The molecule has 102 valence electrons. The molecule has 6 heteroatoms. The number of hydrogen-bond acceptors (Lipinski definition) is 4. The molecule has 0 aromatic heterocycles. The fourth-order valence-electron chi connectivity index (χ4n) is 1.92. The van der Waals surface area contributed by atoms with Crippen molar-refractivity contribution in [1.82, 2.24) is 0 Å². The van der Waals surface area contributed by atoms with Gasteiger partial charge in [-0.15, -0.1) is 0 Å². The highest BCUT2D eigenvalue weighted by atomic mass is 19.1. The molecule has 1 aliphatic heterocycles. The molecule has 0 bridgehead atoms. The van der Waals surface area contributed by atoms with E-state index in [9.17, 15) is 4.39 Å². The van der Waals surface area contributed by atoms with Crippen molar-refractivity contribution < 1.29 is 13.7 Å². The van der Waals surface area contributed by atoms with E-state index in [-0.39, 0.29) is 11.1 Å². The Bertz CT molecular complexity index is 593. The van der Waals surface area contributed by atoms with Crippen LogP contribution in [0.2, 0.25) is 0 Å². The summed E-state index contributed by atoms with van der Waals surface area (Å²) in [5.74, 6) is -0.810. The smallest absolute Gasteiger partial charge is 0.399 e. The number of benzene rings is 1. The fraction of sp³-hybridized carbons (Fsp3) is 0.429. The molecule has 0 aliphatic carbocycles. The number of hydrogen-bond donors (Lipinski definition) is 0. The van der Waals surface area contributed by atoms with Gasteiger partial charge >= 0.3 is 7.12 Å². The Labute approximate surface area is 117 Å². The predicted molar refractivity (Wildman–Crippen MR) is 71.5 cm³/mol. The summed E-state index contributed by atoms with van der Waals surface area (Å²) in [5.41, 5.74) is -0.974. The summed E-state index contributed by atoms with van der Waals surface area (Å²) in [7, 11) is -0.722. The van der Waals surface area contributed by atoms with E-state index >= 15 is 0 Å². The molecule has 0 unspecified atom stereocenters. The van der Waals surface area contributed by atoms with E-state index in [4.69, 9.17) is 19.8 Å². The quantitative estimate of drug-likeness (QED) is 0.732.